The first kappa shape index (κ1) is 18.7. The fraction of sp³-hybridized carbons (Fsp3) is 0.250. The van der Waals surface area contributed by atoms with E-state index in [1.54, 1.807) is 26.4 Å². The van der Waals surface area contributed by atoms with E-state index in [4.69, 9.17) is 9.47 Å². The van der Waals surface area contributed by atoms with Gasteiger partial charge in [-0.05, 0) is 51.3 Å². The molecule has 2 rings (SSSR count). The van der Waals surface area contributed by atoms with Crippen molar-refractivity contribution in [2.24, 2.45) is 0 Å². The fourth-order valence-electron chi connectivity index (χ4n) is 2.03. The SMILES string of the molecule is COc1cc(CNCc2ccc(F)cc2)cc(Br)c1OC.Cl. The van der Waals surface area contributed by atoms with Gasteiger partial charge in [-0.3, -0.25) is 0 Å². The molecule has 0 aliphatic rings. The van der Waals surface area contributed by atoms with Crippen LogP contribution in [0.2, 0.25) is 0 Å². The third-order valence-electron chi connectivity index (χ3n) is 3.06. The molecule has 22 heavy (non-hydrogen) atoms. The molecule has 3 nitrogen and oxygen atoms in total. The van der Waals surface area contributed by atoms with Crippen molar-refractivity contribution in [1.82, 2.24) is 5.32 Å². The van der Waals surface area contributed by atoms with Crippen molar-refractivity contribution >= 4 is 28.3 Å². The van der Waals surface area contributed by atoms with Gasteiger partial charge in [0.1, 0.15) is 5.82 Å². The molecule has 0 aliphatic carbocycles. The van der Waals surface area contributed by atoms with Gasteiger partial charge in [-0.2, -0.15) is 0 Å². The van der Waals surface area contributed by atoms with Gasteiger partial charge in [0.25, 0.3) is 0 Å². The summed E-state index contributed by atoms with van der Waals surface area (Å²) in [4.78, 5) is 0. The van der Waals surface area contributed by atoms with Crippen molar-refractivity contribution in [3.63, 3.8) is 0 Å². The number of hydrogen-bond acceptors (Lipinski definition) is 3. The number of halogens is 3. The molecule has 2 aromatic rings. The van der Waals surface area contributed by atoms with Crippen molar-refractivity contribution in [3.05, 3.63) is 57.8 Å². The Kier molecular flexibility index (Phi) is 7.65. The van der Waals surface area contributed by atoms with Gasteiger partial charge in [-0.15, -0.1) is 12.4 Å². The number of rotatable bonds is 6. The van der Waals surface area contributed by atoms with Gasteiger partial charge in [0.05, 0.1) is 18.7 Å². The van der Waals surface area contributed by atoms with Crippen LogP contribution >= 0.6 is 28.3 Å². The number of methoxy groups -OCH3 is 2. The summed E-state index contributed by atoms with van der Waals surface area (Å²) in [5, 5.41) is 3.31. The van der Waals surface area contributed by atoms with Gasteiger partial charge in [-0.25, -0.2) is 4.39 Å². The molecule has 0 heterocycles. The molecule has 0 amide bonds. The third-order valence-corrected chi connectivity index (χ3v) is 3.65. The molecule has 0 aliphatic heterocycles. The smallest absolute Gasteiger partial charge is 0.174 e. The van der Waals surface area contributed by atoms with E-state index in [1.165, 1.54) is 12.1 Å². The normalized spacial score (nSPS) is 10.0. The fourth-order valence-corrected chi connectivity index (χ4v) is 2.68. The summed E-state index contributed by atoms with van der Waals surface area (Å²) >= 11 is 3.47. The van der Waals surface area contributed by atoms with Crippen LogP contribution in [0.3, 0.4) is 0 Å². The van der Waals surface area contributed by atoms with E-state index in [9.17, 15) is 4.39 Å². The molecule has 2 aromatic carbocycles. The van der Waals surface area contributed by atoms with E-state index in [0.717, 1.165) is 15.6 Å². The summed E-state index contributed by atoms with van der Waals surface area (Å²) in [6.45, 7) is 1.35. The highest BCUT2D eigenvalue weighted by molar-refractivity contribution is 9.10. The first-order chi connectivity index (χ1) is 10.1. The van der Waals surface area contributed by atoms with E-state index in [1.807, 2.05) is 12.1 Å². The Bertz CT molecular complexity index is 608. The number of nitrogens with one attached hydrogen (secondary N) is 1. The Labute approximate surface area is 144 Å². The van der Waals surface area contributed by atoms with Gasteiger partial charge in [0.2, 0.25) is 0 Å². The van der Waals surface area contributed by atoms with Crippen molar-refractivity contribution in [1.29, 1.82) is 0 Å². The Balaban J connectivity index is 0.00000242. The third kappa shape index (κ3) is 4.87. The Morgan fingerprint density at radius 2 is 1.64 bits per heavy atom. The minimum absolute atomic E-state index is 0. The molecule has 1 N–H and O–H groups in total. The van der Waals surface area contributed by atoms with Crippen LogP contribution in [0.4, 0.5) is 4.39 Å². The summed E-state index contributed by atoms with van der Waals surface area (Å²) in [6.07, 6.45) is 0. The van der Waals surface area contributed by atoms with E-state index in [-0.39, 0.29) is 18.2 Å². The topological polar surface area (TPSA) is 30.5 Å². The van der Waals surface area contributed by atoms with Crippen LogP contribution in [0, 0.1) is 5.82 Å². The molecule has 0 bridgehead atoms. The monoisotopic (exact) mass is 389 g/mol. The van der Waals surface area contributed by atoms with E-state index >= 15 is 0 Å². The molecule has 6 heteroatoms. The zero-order valence-corrected chi connectivity index (χ0v) is 14.8. The predicted octanol–water partition coefficient (Wildman–Crippen LogP) is 4.32. The number of hydrogen-bond donors (Lipinski definition) is 1. The lowest BCUT2D eigenvalue weighted by Gasteiger charge is -2.12. The van der Waals surface area contributed by atoms with Crippen LogP contribution in [0.5, 0.6) is 11.5 Å². The first-order valence-electron chi connectivity index (χ1n) is 6.49. The highest BCUT2D eigenvalue weighted by Gasteiger charge is 2.10. The number of ether oxygens (including phenoxy) is 2. The van der Waals surface area contributed by atoms with Gasteiger partial charge in [0, 0.05) is 13.1 Å². The summed E-state index contributed by atoms with van der Waals surface area (Å²) in [5.41, 5.74) is 2.11. The maximum Gasteiger partial charge on any atom is 0.174 e. The lowest BCUT2D eigenvalue weighted by atomic mass is 10.2. The molecule has 0 atom stereocenters. The van der Waals surface area contributed by atoms with Crippen molar-refractivity contribution in [2.75, 3.05) is 14.2 Å². The summed E-state index contributed by atoms with van der Waals surface area (Å²) in [6, 6.07) is 10.4. The molecule has 120 valence electrons. The van der Waals surface area contributed by atoms with Crippen LogP contribution in [0.25, 0.3) is 0 Å². The zero-order chi connectivity index (χ0) is 15.2. The quantitative estimate of drug-likeness (QED) is 0.797. The van der Waals surface area contributed by atoms with E-state index < -0.39 is 0 Å². The van der Waals surface area contributed by atoms with Gasteiger partial charge < -0.3 is 14.8 Å². The minimum atomic E-state index is -0.220. The second-order valence-electron chi connectivity index (χ2n) is 4.54. The molecule has 0 radical (unpaired) electrons. The Morgan fingerprint density at radius 3 is 2.23 bits per heavy atom. The highest BCUT2D eigenvalue weighted by atomic mass is 79.9. The first-order valence-corrected chi connectivity index (χ1v) is 7.29. The largest absolute Gasteiger partial charge is 0.493 e. The van der Waals surface area contributed by atoms with E-state index in [0.29, 0.717) is 24.6 Å². The Hall–Kier alpha value is -1.30. The van der Waals surface area contributed by atoms with Crippen LogP contribution in [-0.4, -0.2) is 14.2 Å². The summed E-state index contributed by atoms with van der Waals surface area (Å²) in [7, 11) is 3.22. The molecular formula is C16H18BrClFNO2. The van der Waals surface area contributed by atoms with Crippen molar-refractivity contribution in [2.45, 2.75) is 13.1 Å². The minimum Gasteiger partial charge on any atom is -0.493 e. The second kappa shape index (κ2) is 8.98. The van der Waals surface area contributed by atoms with Crippen LogP contribution in [0.1, 0.15) is 11.1 Å². The maximum atomic E-state index is 12.8. The molecule has 0 saturated carbocycles. The summed E-state index contributed by atoms with van der Waals surface area (Å²) < 4.78 is 24.3. The van der Waals surface area contributed by atoms with E-state index in [2.05, 4.69) is 21.2 Å². The molecule has 0 aromatic heterocycles. The van der Waals surface area contributed by atoms with Crippen molar-refractivity contribution < 1.29 is 13.9 Å². The van der Waals surface area contributed by atoms with Crippen molar-refractivity contribution in [3.8, 4) is 11.5 Å². The maximum absolute atomic E-state index is 12.8. The molecule has 0 unspecified atom stereocenters. The highest BCUT2D eigenvalue weighted by Crippen LogP contribution is 2.36. The average molecular weight is 391 g/mol. The summed E-state index contributed by atoms with van der Waals surface area (Å²) in [5.74, 6) is 1.15. The van der Waals surface area contributed by atoms with Crippen LogP contribution < -0.4 is 14.8 Å². The lowest BCUT2D eigenvalue weighted by Crippen LogP contribution is -2.12. The average Bonchev–Trinajstić information content (AvgIpc) is 2.48. The number of benzene rings is 2. The molecule has 0 spiro atoms. The molecule has 0 saturated heterocycles. The standard InChI is InChI=1S/C16H17BrFNO2.ClH/c1-20-15-8-12(7-14(17)16(15)21-2)10-19-9-11-3-5-13(18)6-4-11;/h3-8,19H,9-10H2,1-2H3;1H. The van der Waals surface area contributed by atoms with Crippen LogP contribution in [-0.2, 0) is 13.1 Å². The van der Waals surface area contributed by atoms with Gasteiger partial charge in [0.15, 0.2) is 11.5 Å². The molecule has 0 fully saturated rings. The lowest BCUT2D eigenvalue weighted by molar-refractivity contribution is 0.352. The Morgan fingerprint density at radius 1 is 1.00 bits per heavy atom. The van der Waals surface area contributed by atoms with Gasteiger partial charge >= 0.3 is 0 Å². The molecular weight excluding hydrogens is 373 g/mol. The zero-order valence-electron chi connectivity index (χ0n) is 12.4. The van der Waals surface area contributed by atoms with Gasteiger partial charge in [-0.1, -0.05) is 12.1 Å². The second-order valence-corrected chi connectivity index (χ2v) is 5.40. The predicted molar refractivity (Wildman–Crippen MR) is 91.4 cm³/mol. The van der Waals surface area contributed by atoms with Crippen LogP contribution in [0.15, 0.2) is 40.9 Å².